The molecule has 0 bridgehead atoms. The number of nitro groups is 1. The predicted octanol–water partition coefficient (Wildman–Crippen LogP) is 2.76. The molecule has 0 aliphatic heterocycles. The van der Waals surface area contributed by atoms with Crippen LogP contribution in [0.15, 0.2) is 36.1 Å². The molecule has 1 rings (SSSR count). The zero-order valence-corrected chi connectivity index (χ0v) is 13.5. The van der Waals surface area contributed by atoms with Crippen LogP contribution in [0.25, 0.3) is 0 Å². The molecular formula is C16H19NO7. The van der Waals surface area contributed by atoms with Gasteiger partial charge in [-0.1, -0.05) is 13.8 Å². The van der Waals surface area contributed by atoms with Gasteiger partial charge in [0, 0.05) is 12.1 Å². The number of hydrogen-bond donors (Lipinski definition) is 0. The van der Waals surface area contributed by atoms with E-state index in [1.807, 2.05) is 13.8 Å². The van der Waals surface area contributed by atoms with Gasteiger partial charge >= 0.3 is 11.9 Å². The molecule has 8 heteroatoms. The largest absolute Gasteiger partial charge is 0.462 e. The molecular weight excluding hydrogens is 318 g/mol. The Morgan fingerprint density at radius 2 is 1.67 bits per heavy atom. The van der Waals surface area contributed by atoms with Gasteiger partial charge in [-0.2, -0.15) is 0 Å². The summed E-state index contributed by atoms with van der Waals surface area (Å²) in [5, 5.41) is 10.6. The summed E-state index contributed by atoms with van der Waals surface area (Å²) < 4.78 is 15.1. The second-order valence-corrected chi connectivity index (χ2v) is 4.67. The SMILES string of the molecule is CCCOC(=O)/C=C(/Oc1ccc([N+](=O)[O-])cc1)C(=O)OCCC. The molecule has 0 radical (unpaired) electrons. The molecule has 0 aromatic heterocycles. The van der Waals surface area contributed by atoms with Crippen LogP contribution in [0, 0.1) is 10.1 Å². The fourth-order valence-corrected chi connectivity index (χ4v) is 1.51. The maximum absolute atomic E-state index is 12.0. The lowest BCUT2D eigenvalue weighted by Crippen LogP contribution is -2.16. The van der Waals surface area contributed by atoms with Crippen molar-refractivity contribution >= 4 is 17.6 Å². The Balaban J connectivity index is 2.91. The van der Waals surface area contributed by atoms with E-state index in [0.29, 0.717) is 12.8 Å². The second kappa shape index (κ2) is 9.98. The highest BCUT2D eigenvalue weighted by Crippen LogP contribution is 2.20. The molecule has 0 saturated carbocycles. The molecule has 1 aromatic carbocycles. The Labute approximate surface area is 139 Å². The van der Waals surface area contributed by atoms with Gasteiger partial charge in [0.2, 0.25) is 5.76 Å². The molecule has 1 aromatic rings. The van der Waals surface area contributed by atoms with Crippen LogP contribution in [0.3, 0.4) is 0 Å². The summed E-state index contributed by atoms with van der Waals surface area (Å²) in [5.74, 6) is -1.74. The van der Waals surface area contributed by atoms with Crippen molar-refractivity contribution in [3.63, 3.8) is 0 Å². The van der Waals surface area contributed by atoms with Crippen molar-refractivity contribution in [3.05, 3.63) is 46.2 Å². The summed E-state index contributed by atoms with van der Waals surface area (Å²) >= 11 is 0. The van der Waals surface area contributed by atoms with Crippen LogP contribution in [0.2, 0.25) is 0 Å². The summed E-state index contributed by atoms with van der Waals surface area (Å²) in [5.41, 5.74) is -0.121. The monoisotopic (exact) mass is 337 g/mol. The Kier molecular flexibility index (Phi) is 7.97. The standard InChI is InChI=1S/C16H19NO7/c1-3-9-22-15(18)11-14(16(19)23-10-4-2)24-13-7-5-12(6-8-13)17(20)21/h5-8,11H,3-4,9-10H2,1-2H3/b14-11+. The summed E-state index contributed by atoms with van der Waals surface area (Å²) in [4.78, 5) is 33.7. The summed E-state index contributed by atoms with van der Waals surface area (Å²) in [6.07, 6.45) is 2.14. The molecule has 0 spiro atoms. The molecule has 0 atom stereocenters. The van der Waals surface area contributed by atoms with E-state index < -0.39 is 16.9 Å². The first-order chi connectivity index (χ1) is 11.5. The van der Waals surface area contributed by atoms with Crippen LogP contribution >= 0.6 is 0 Å². The average Bonchev–Trinajstić information content (AvgIpc) is 2.57. The second-order valence-electron chi connectivity index (χ2n) is 4.67. The highest BCUT2D eigenvalue weighted by molar-refractivity contribution is 5.95. The molecule has 0 unspecified atom stereocenters. The summed E-state index contributed by atoms with van der Waals surface area (Å²) in [6, 6.07) is 5.08. The normalized spacial score (nSPS) is 10.8. The van der Waals surface area contributed by atoms with Gasteiger partial charge in [-0.15, -0.1) is 0 Å². The zero-order chi connectivity index (χ0) is 17.9. The third-order valence-corrected chi connectivity index (χ3v) is 2.61. The van der Waals surface area contributed by atoms with E-state index in [9.17, 15) is 19.7 Å². The molecule has 0 fully saturated rings. The van der Waals surface area contributed by atoms with Gasteiger partial charge in [-0.05, 0) is 25.0 Å². The topological polar surface area (TPSA) is 105 Å². The van der Waals surface area contributed by atoms with Crippen LogP contribution in [0.1, 0.15) is 26.7 Å². The van der Waals surface area contributed by atoms with E-state index >= 15 is 0 Å². The molecule has 130 valence electrons. The fraction of sp³-hybridized carbons (Fsp3) is 0.375. The molecule has 0 aliphatic rings. The van der Waals surface area contributed by atoms with Gasteiger partial charge in [-0.25, -0.2) is 9.59 Å². The average molecular weight is 337 g/mol. The molecule has 24 heavy (non-hydrogen) atoms. The maximum Gasteiger partial charge on any atom is 0.374 e. The Hall–Kier alpha value is -2.90. The van der Waals surface area contributed by atoms with Crippen molar-refractivity contribution in [2.24, 2.45) is 0 Å². The van der Waals surface area contributed by atoms with Gasteiger partial charge in [0.05, 0.1) is 24.2 Å². The number of ether oxygens (including phenoxy) is 3. The summed E-state index contributed by atoms with van der Waals surface area (Å²) in [7, 11) is 0. The van der Waals surface area contributed by atoms with Crippen LogP contribution in [0.4, 0.5) is 5.69 Å². The molecule has 0 saturated heterocycles. The van der Waals surface area contributed by atoms with E-state index in [-0.39, 0.29) is 30.4 Å². The van der Waals surface area contributed by atoms with E-state index in [0.717, 1.165) is 6.08 Å². The zero-order valence-electron chi connectivity index (χ0n) is 13.5. The van der Waals surface area contributed by atoms with E-state index in [4.69, 9.17) is 14.2 Å². The van der Waals surface area contributed by atoms with Gasteiger partial charge in [0.15, 0.2) is 0 Å². The molecule has 8 nitrogen and oxygen atoms in total. The van der Waals surface area contributed by atoms with Gasteiger partial charge in [0.1, 0.15) is 5.75 Å². The van der Waals surface area contributed by atoms with Crippen molar-refractivity contribution in [1.82, 2.24) is 0 Å². The van der Waals surface area contributed by atoms with Crippen molar-refractivity contribution < 1.29 is 28.7 Å². The van der Waals surface area contributed by atoms with Crippen LogP contribution in [-0.2, 0) is 19.1 Å². The highest BCUT2D eigenvalue weighted by atomic mass is 16.6. The maximum atomic E-state index is 12.0. The van der Waals surface area contributed by atoms with Gasteiger partial charge < -0.3 is 14.2 Å². The first-order valence-electron chi connectivity index (χ1n) is 7.45. The van der Waals surface area contributed by atoms with E-state index in [2.05, 4.69) is 0 Å². The van der Waals surface area contributed by atoms with Crippen molar-refractivity contribution in [3.8, 4) is 5.75 Å². The number of carbonyl (C=O) groups excluding carboxylic acids is 2. The Morgan fingerprint density at radius 3 is 2.21 bits per heavy atom. The van der Waals surface area contributed by atoms with Crippen LogP contribution < -0.4 is 4.74 Å². The number of benzene rings is 1. The smallest absolute Gasteiger partial charge is 0.374 e. The fourth-order valence-electron chi connectivity index (χ4n) is 1.51. The minimum absolute atomic E-state index is 0.121. The van der Waals surface area contributed by atoms with Crippen molar-refractivity contribution in [2.45, 2.75) is 26.7 Å². The first kappa shape index (κ1) is 19.1. The van der Waals surface area contributed by atoms with E-state index in [1.165, 1.54) is 24.3 Å². The van der Waals surface area contributed by atoms with E-state index in [1.54, 1.807) is 0 Å². The molecule has 0 aliphatic carbocycles. The quantitative estimate of drug-likeness (QED) is 0.224. The van der Waals surface area contributed by atoms with Gasteiger partial charge in [-0.3, -0.25) is 10.1 Å². The summed E-state index contributed by atoms with van der Waals surface area (Å²) in [6.45, 7) is 4.04. The number of rotatable bonds is 9. The molecule has 0 N–H and O–H groups in total. The van der Waals surface area contributed by atoms with Crippen molar-refractivity contribution in [2.75, 3.05) is 13.2 Å². The number of nitro benzene ring substituents is 1. The molecule has 0 heterocycles. The number of non-ortho nitro benzene ring substituents is 1. The van der Waals surface area contributed by atoms with Crippen LogP contribution in [-0.4, -0.2) is 30.1 Å². The first-order valence-corrected chi connectivity index (χ1v) is 7.45. The Morgan fingerprint density at radius 1 is 1.08 bits per heavy atom. The lowest BCUT2D eigenvalue weighted by atomic mass is 10.3. The van der Waals surface area contributed by atoms with Gasteiger partial charge in [0.25, 0.3) is 5.69 Å². The minimum atomic E-state index is -0.816. The number of nitrogens with zero attached hydrogens (tertiary/aromatic N) is 1. The molecule has 0 amide bonds. The minimum Gasteiger partial charge on any atom is -0.462 e. The van der Waals surface area contributed by atoms with Crippen LogP contribution in [0.5, 0.6) is 5.75 Å². The number of hydrogen-bond acceptors (Lipinski definition) is 7. The lowest BCUT2D eigenvalue weighted by molar-refractivity contribution is -0.384. The third kappa shape index (κ3) is 6.47. The predicted molar refractivity (Wildman–Crippen MR) is 84.3 cm³/mol. The highest BCUT2D eigenvalue weighted by Gasteiger charge is 2.17. The number of carbonyl (C=O) groups is 2. The third-order valence-electron chi connectivity index (χ3n) is 2.61. The number of esters is 2. The Bertz CT molecular complexity index is 607. The lowest BCUT2D eigenvalue weighted by Gasteiger charge is -2.09. The van der Waals surface area contributed by atoms with Crippen molar-refractivity contribution in [1.29, 1.82) is 0 Å².